The van der Waals surface area contributed by atoms with Gasteiger partial charge in [-0.2, -0.15) is 0 Å². The van der Waals surface area contributed by atoms with Gasteiger partial charge in [-0.3, -0.25) is 4.79 Å². The van der Waals surface area contributed by atoms with Gasteiger partial charge in [-0.05, 0) is 28.1 Å². The number of carbonyl (C=O) groups excluding carboxylic acids is 1. The van der Waals surface area contributed by atoms with E-state index in [9.17, 15) is 4.79 Å². The van der Waals surface area contributed by atoms with Crippen molar-refractivity contribution in [1.82, 2.24) is 15.0 Å². The number of anilines is 2. The molecule has 0 spiro atoms. The first-order valence-electron chi connectivity index (χ1n) is 4.65. The lowest BCUT2D eigenvalue weighted by molar-refractivity contribution is 0.102. The minimum Gasteiger partial charge on any atom is -0.397 e. The smallest absolute Gasteiger partial charge is 0.275 e. The van der Waals surface area contributed by atoms with E-state index in [1.54, 1.807) is 6.07 Å². The highest BCUT2D eigenvalue weighted by Crippen LogP contribution is 2.08. The molecule has 17 heavy (non-hydrogen) atoms. The van der Waals surface area contributed by atoms with Crippen LogP contribution in [0.25, 0.3) is 0 Å². The molecule has 0 aliphatic rings. The topological polar surface area (TPSA) is 93.8 Å². The maximum Gasteiger partial charge on any atom is 0.275 e. The summed E-state index contributed by atoms with van der Waals surface area (Å²) in [4.78, 5) is 23.5. The molecule has 2 aromatic rings. The first-order chi connectivity index (χ1) is 8.15. The Kier molecular flexibility index (Phi) is 3.29. The van der Waals surface area contributed by atoms with Crippen LogP contribution >= 0.6 is 15.9 Å². The van der Waals surface area contributed by atoms with Crippen LogP contribution in [0, 0.1) is 0 Å². The second kappa shape index (κ2) is 4.88. The number of hydrogen-bond donors (Lipinski definition) is 2. The maximum absolute atomic E-state index is 11.7. The number of amides is 1. The highest BCUT2D eigenvalue weighted by atomic mass is 79.9. The van der Waals surface area contributed by atoms with Gasteiger partial charge in [0.25, 0.3) is 5.91 Å². The summed E-state index contributed by atoms with van der Waals surface area (Å²) in [5.41, 5.74) is 6.25. The summed E-state index contributed by atoms with van der Waals surface area (Å²) in [6.45, 7) is 0. The van der Waals surface area contributed by atoms with E-state index in [0.717, 1.165) is 0 Å². The van der Waals surface area contributed by atoms with E-state index >= 15 is 0 Å². The Morgan fingerprint density at radius 3 is 2.59 bits per heavy atom. The van der Waals surface area contributed by atoms with Gasteiger partial charge in [0.1, 0.15) is 10.3 Å². The number of aromatic nitrogens is 3. The summed E-state index contributed by atoms with van der Waals surface area (Å²) in [5.74, 6) is -0.00144. The average Bonchev–Trinajstić information content (AvgIpc) is 2.33. The van der Waals surface area contributed by atoms with Crippen molar-refractivity contribution >= 4 is 33.3 Å². The lowest BCUT2D eigenvalue weighted by atomic mass is 10.3. The molecule has 0 aliphatic carbocycles. The monoisotopic (exact) mass is 293 g/mol. The Bertz CT molecular complexity index is 525. The lowest BCUT2D eigenvalue weighted by Crippen LogP contribution is -2.14. The molecule has 2 heterocycles. The average molecular weight is 294 g/mol. The van der Waals surface area contributed by atoms with Crippen LogP contribution in [0.1, 0.15) is 10.5 Å². The third-order valence-electron chi connectivity index (χ3n) is 1.88. The summed E-state index contributed by atoms with van der Waals surface area (Å²) in [6.07, 6.45) is 4.35. The van der Waals surface area contributed by atoms with E-state index in [-0.39, 0.29) is 11.6 Å². The van der Waals surface area contributed by atoms with E-state index in [0.29, 0.717) is 16.1 Å². The molecule has 86 valence electrons. The van der Waals surface area contributed by atoms with Crippen LogP contribution in [-0.4, -0.2) is 20.9 Å². The highest BCUT2D eigenvalue weighted by Gasteiger charge is 2.07. The number of nitrogens with two attached hydrogens (primary N) is 1. The predicted octanol–water partition coefficient (Wildman–Crippen LogP) is 1.47. The van der Waals surface area contributed by atoms with Crippen molar-refractivity contribution < 1.29 is 4.79 Å². The molecule has 0 aliphatic heterocycles. The Hall–Kier alpha value is -2.02. The zero-order chi connectivity index (χ0) is 12.3. The van der Waals surface area contributed by atoms with E-state index in [4.69, 9.17) is 5.73 Å². The SMILES string of the molecule is Nc1ccc(C(=O)Nc2cnc(Br)cn2)nc1. The molecule has 2 aromatic heterocycles. The number of halogens is 1. The molecule has 0 bridgehead atoms. The van der Waals surface area contributed by atoms with Gasteiger partial charge in [0.2, 0.25) is 0 Å². The summed E-state index contributed by atoms with van der Waals surface area (Å²) in [7, 11) is 0. The molecular formula is C10H8BrN5O. The van der Waals surface area contributed by atoms with Gasteiger partial charge >= 0.3 is 0 Å². The zero-order valence-electron chi connectivity index (χ0n) is 8.59. The van der Waals surface area contributed by atoms with Crippen LogP contribution in [0.2, 0.25) is 0 Å². The van der Waals surface area contributed by atoms with Crippen molar-refractivity contribution in [3.63, 3.8) is 0 Å². The van der Waals surface area contributed by atoms with Crippen molar-refractivity contribution in [2.45, 2.75) is 0 Å². The third kappa shape index (κ3) is 2.97. The van der Waals surface area contributed by atoms with Gasteiger partial charge in [-0.25, -0.2) is 15.0 Å². The molecule has 6 nitrogen and oxygen atoms in total. The maximum atomic E-state index is 11.7. The molecule has 0 fully saturated rings. The molecule has 2 rings (SSSR count). The fourth-order valence-corrected chi connectivity index (χ4v) is 1.30. The fourth-order valence-electron chi connectivity index (χ4n) is 1.10. The van der Waals surface area contributed by atoms with Crippen LogP contribution in [0.15, 0.2) is 35.3 Å². The number of nitrogens with one attached hydrogen (secondary N) is 1. The Labute approximate surface area is 105 Å². The van der Waals surface area contributed by atoms with E-state index < -0.39 is 0 Å². The normalized spacial score (nSPS) is 9.94. The number of nitrogens with zero attached hydrogens (tertiary/aromatic N) is 3. The number of rotatable bonds is 2. The van der Waals surface area contributed by atoms with Gasteiger partial charge < -0.3 is 11.1 Å². The van der Waals surface area contributed by atoms with Crippen molar-refractivity contribution in [3.05, 3.63) is 41.0 Å². The van der Waals surface area contributed by atoms with Crippen molar-refractivity contribution in [3.8, 4) is 0 Å². The zero-order valence-corrected chi connectivity index (χ0v) is 10.2. The summed E-state index contributed by atoms with van der Waals surface area (Å²) in [6, 6.07) is 3.14. The van der Waals surface area contributed by atoms with Crippen molar-refractivity contribution in [2.24, 2.45) is 0 Å². The number of nitrogen functional groups attached to an aromatic ring is 1. The van der Waals surface area contributed by atoms with Gasteiger partial charge in [0.05, 0.1) is 24.3 Å². The number of pyridine rings is 1. The van der Waals surface area contributed by atoms with Gasteiger partial charge in [0.15, 0.2) is 5.82 Å². The van der Waals surface area contributed by atoms with Crippen LogP contribution in [-0.2, 0) is 0 Å². The molecule has 0 radical (unpaired) electrons. The largest absolute Gasteiger partial charge is 0.397 e. The molecule has 7 heteroatoms. The van der Waals surface area contributed by atoms with Crippen LogP contribution in [0.4, 0.5) is 11.5 Å². The lowest BCUT2D eigenvalue weighted by Gasteiger charge is -2.03. The first kappa shape index (κ1) is 11.5. The number of hydrogen-bond acceptors (Lipinski definition) is 5. The Morgan fingerprint density at radius 2 is 2.00 bits per heavy atom. The first-order valence-corrected chi connectivity index (χ1v) is 5.45. The van der Waals surface area contributed by atoms with Crippen LogP contribution in [0.5, 0.6) is 0 Å². The second-order valence-corrected chi connectivity index (χ2v) is 3.97. The minimum atomic E-state index is -0.360. The highest BCUT2D eigenvalue weighted by molar-refractivity contribution is 9.10. The Morgan fingerprint density at radius 1 is 1.18 bits per heavy atom. The van der Waals surface area contributed by atoms with E-state index in [1.165, 1.54) is 24.7 Å². The van der Waals surface area contributed by atoms with Crippen LogP contribution in [0.3, 0.4) is 0 Å². The van der Waals surface area contributed by atoms with Crippen LogP contribution < -0.4 is 11.1 Å². The predicted molar refractivity (Wildman–Crippen MR) is 66.3 cm³/mol. The number of carbonyl (C=O) groups is 1. The minimum absolute atomic E-state index is 0.268. The van der Waals surface area contributed by atoms with E-state index in [2.05, 4.69) is 36.2 Å². The molecule has 0 saturated heterocycles. The molecule has 3 N–H and O–H groups in total. The molecule has 0 saturated carbocycles. The molecule has 0 aromatic carbocycles. The van der Waals surface area contributed by atoms with Gasteiger partial charge in [0, 0.05) is 0 Å². The standard InChI is InChI=1S/C10H8BrN5O/c11-8-4-15-9(5-14-8)16-10(17)7-2-1-6(12)3-13-7/h1-5H,12H2,(H,15,16,17). The van der Waals surface area contributed by atoms with Gasteiger partial charge in [-0.1, -0.05) is 0 Å². The van der Waals surface area contributed by atoms with Crippen molar-refractivity contribution in [1.29, 1.82) is 0 Å². The van der Waals surface area contributed by atoms with Crippen molar-refractivity contribution in [2.75, 3.05) is 11.1 Å². The quantitative estimate of drug-likeness (QED) is 0.874. The summed E-state index contributed by atoms with van der Waals surface area (Å²) >= 11 is 3.15. The molecular weight excluding hydrogens is 286 g/mol. The summed E-state index contributed by atoms with van der Waals surface area (Å²) in [5, 5.41) is 2.57. The Balaban J connectivity index is 2.11. The second-order valence-electron chi connectivity index (χ2n) is 3.16. The third-order valence-corrected chi connectivity index (χ3v) is 2.29. The molecule has 0 unspecified atom stereocenters. The van der Waals surface area contributed by atoms with E-state index in [1.807, 2.05) is 0 Å². The van der Waals surface area contributed by atoms with Gasteiger partial charge in [-0.15, -0.1) is 0 Å². The molecule has 1 amide bonds. The summed E-state index contributed by atoms with van der Waals surface area (Å²) < 4.78 is 0.598. The molecule has 0 atom stereocenters. The fraction of sp³-hybridized carbons (Fsp3) is 0.